The third-order valence-corrected chi connectivity index (χ3v) is 3.43. The van der Waals surface area contributed by atoms with E-state index in [1.54, 1.807) is 0 Å². The van der Waals surface area contributed by atoms with Gasteiger partial charge in [-0.25, -0.2) is 0 Å². The molecule has 2 N–H and O–H groups in total. The summed E-state index contributed by atoms with van der Waals surface area (Å²) >= 11 is 5.20. The van der Waals surface area contributed by atoms with Crippen LogP contribution >= 0.6 is 12.2 Å². The molecule has 1 aliphatic carbocycles. The lowest BCUT2D eigenvalue weighted by molar-refractivity contribution is 0.0784. The van der Waals surface area contributed by atoms with Gasteiger partial charge in [0.1, 0.15) is 0 Å². The van der Waals surface area contributed by atoms with E-state index in [9.17, 15) is 5.11 Å². The van der Waals surface area contributed by atoms with Crippen molar-refractivity contribution in [3.05, 3.63) is 0 Å². The molecule has 0 aromatic rings. The topological polar surface area (TPSA) is 35.5 Å². The summed E-state index contributed by atoms with van der Waals surface area (Å²) in [5.74, 6) is 0.549. The number of fused-ring (bicyclic) bond motifs is 1. The maximum absolute atomic E-state index is 9.91. The van der Waals surface area contributed by atoms with Crippen molar-refractivity contribution in [3.8, 4) is 0 Å². The lowest BCUT2D eigenvalue weighted by Crippen LogP contribution is -2.48. The molecule has 0 amide bonds. The number of nitrogens with zero attached hydrogens (tertiary/aromatic N) is 1. The minimum Gasteiger partial charge on any atom is -0.388 e. The molecule has 0 aromatic heterocycles. The van der Waals surface area contributed by atoms with E-state index >= 15 is 0 Å². The average Bonchev–Trinajstić information content (AvgIpc) is 2.75. The van der Waals surface area contributed by atoms with Gasteiger partial charge in [-0.05, 0) is 37.9 Å². The van der Waals surface area contributed by atoms with Gasteiger partial charge in [0.2, 0.25) is 0 Å². The lowest BCUT2D eigenvalue weighted by atomic mass is 10.1. The van der Waals surface area contributed by atoms with Crippen LogP contribution in [-0.2, 0) is 0 Å². The maximum Gasteiger partial charge on any atom is 0.169 e. The van der Waals surface area contributed by atoms with Crippen LogP contribution in [0.1, 0.15) is 19.8 Å². The van der Waals surface area contributed by atoms with E-state index < -0.39 is 5.60 Å². The van der Waals surface area contributed by atoms with E-state index in [0.717, 1.165) is 37.6 Å². The molecule has 1 heterocycles. The second-order valence-electron chi connectivity index (χ2n) is 4.05. The SMILES string of the molecule is CCNC(=S)N1CC[C@@H]2C[C@]2(O)C1. The van der Waals surface area contributed by atoms with Crippen LogP contribution in [-0.4, -0.2) is 40.4 Å². The Morgan fingerprint density at radius 2 is 2.54 bits per heavy atom. The van der Waals surface area contributed by atoms with Gasteiger partial charge < -0.3 is 15.3 Å². The Morgan fingerprint density at radius 3 is 3.15 bits per heavy atom. The van der Waals surface area contributed by atoms with Crippen molar-refractivity contribution in [2.24, 2.45) is 5.92 Å². The first kappa shape index (κ1) is 9.21. The molecule has 1 saturated carbocycles. The average molecular weight is 200 g/mol. The smallest absolute Gasteiger partial charge is 0.169 e. The van der Waals surface area contributed by atoms with Gasteiger partial charge in [-0.2, -0.15) is 0 Å². The number of thiocarbonyl (C=S) groups is 1. The summed E-state index contributed by atoms with van der Waals surface area (Å²) in [7, 11) is 0. The molecular formula is C9H16N2OS. The summed E-state index contributed by atoms with van der Waals surface area (Å²) in [4.78, 5) is 2.09. The second kappa shape index (κ2) is 3.10. The van der Waals surface area contributed by atoms with Gasteiger partial charge in [0.25, 0.3) is 0 Å². The number of aliphatic hydroxyl groups is 1. The molecule has 0 aromatic carbocycles. The molecule has 2 rings (SSSR count). The van der Waals surface area contributed by atoms with Crippen LogP contribution in [0.5, 0.6) is 0 Å². The third-order valence-electron chi connectivity index (χ3n) is 3.03. The van der Waals surface area contributed by atoms with Gasteiger partial charge in [-0.3, -0.25) is 0 Å². The van der Waals surface area contributed by atoms with Gasteiger partial charge >= 0.3 is 0 Å². The van der Waals surface area contributed by atoms with Crippen LogP contribution in [0.3, 0.4) is 0 Å². The summed E-state index contributed by atoms with van der Waals surface area (Å²) in [5.41, 5.74) is -0.405. The molecular weight excluding hydrogens is 184 g/mol. The zero-order valence-corrected chi connectivity index (χ0v) is 8.73. The third kappa shape index (κ3) is 1.65. The highest BCUT2D eigenvalue weighted by atomic mass is 32.1. The van der Waals surface area contributed by atoms with Crippen LogP contribution < -0.4 is 5.32 Å². The van der Waals surface area contributed by atoms with E-state index in [2.05, 4.69) is 10.2 Å². The number of hydrogen-bond acceptors (Lipinski definition) is 2. The summed E-state index contributed by atoms with van der Waals surface area (Å²) in [6, 6.07) is 0. The number of nitrogens with one attached hydrogen (secondary N) is 1. The summed E-state index contributed by atoms with van der Waals surface area (Å²) < 4.78 is 0. The Hall–Kier alpha value is -0.350. The fourth-order valence-electron chi connectivity index (χ4n) is 2.09. The van der Waals surface area contributed by atoms with Crippen molar-refractivity contribution in [2.45, 2.75) is 25.4 Å². The Balaban J connectivity index is 1.90. The van der Waals surface area contributed by atoms with Crippen molar-refractivity contribution < 1.29 is 5.11 Å². The molecule has 2 atom stereocenters. The van der Waals surface area contributed by atoms with Gasteiger partial charge in [-0.15, -0.1) is 0 Å². The molecule has 4 heteroatoms. The number of hydrogen-bond donors (Lipinski definition) is 2. The Morgan fingerprint density at radius 1 is 1.77 bits per heavy atom. The van der Waals surface area contributed by atoms with Crippen LogP contribution in [0, 0.1) is 5.92 Å². The predicted molar refractivity (Wildman–Crippen MR) is 55.5 cm³/mol. The van der Waals surface area contributed by atoms with Gasteiger partial charge in [0, 0.05) is 19.6 Å². The van der Waals surface area contributed by atoms with Gasteiger partial charge in [0.05, 0.1) is 5.60 Å². The van der Waals surface area contributed by atoms with Crippen molar-refractivity contribution in [2.75, 3.05) is 19.6 Å². The number of rotatable bonds is 1. The molecule has 1 saturated heterocycles. The molecule has 2 aliphatic rings. The molecule has 13 heavy (non-hydrogen) atoms. The first-order valence-electron chi connectivity index (χ1n) is 4.91. The molecule has 0 spiro atoms. The van der Waals surface area contributed by atoms with E-state index in [-0.39, 0.29) is 0 Å². The molecule has 0 unspecified atom stereocenters. The highest BCUT2D eigenvalue weighted by molar-refractivity contribution is 7.80. The fraction of sp³-hybridized carbons (Fsp3) is 0.889. The summed E-state index contributed by atoms with van der Waals surface area (Å²) in [6.07, 6.45) is 2.06. The van der Waals surface area contributed by atoms with Crippen LogP contribution in [0.4, 0.5) is 0 Å². The number of likely N-dealkylation sites (tertiary alicyclic amines) is 1. The van der Waals surface area contributed by atoms with Gasteiger partial charge in [0.15, 0.2) is 5.11 Å². The highest BCUT2D eigenvalue weighted by Gasteiger charge is 2.56. The first-order valence-corrected chi connectivity index (χ1v) is 5.31. The van der Waals surface area contributed by atoms with E-state index in [1.165, 1.54) is 0 Å². The monoisotopic (exact) mass is 200 g/mol. The Labute approximate surface area is 84.1 Å². The fourth-order valence-corrected chi connectivity index (χ4v) is 2.39. The molecule has 2 fully saturated rings. The van der Waals surface area contributed by atoms with E-state index in [0.29, 0.717) is 5.92 Å². The highest BCUT2D eigenvalue weighted by Crippen LogP contribution is 2.48. The largest absolute Gasteiger partial charge is 0.388 e. The number of piperidine rings is 1. The normalized spacial score (nSPS) is 36.8. The Bertz CT molecular complexity index is 234. The minimum absolute atomic E-state index is 0.405. The zero-order valence-electron chi connectivity index (χ0n) is 7.92. The Kier molecular flexibility index (Phi) is 2.20. The van der Waals surface area contributed by atoms with Crippen LogP contribution in [0.2, 0.25) is 0 Å². The van der Waals surface area contributed by atoms with E-state index in [1.807, 2.05) is 6.92 Å². The van der Waals surface area contributed by atoms with Crippen LogP contribution in [0.15, 0.2) is 0 Å². The minimum atomic E-state index is -0.405. The first-order chi connectivity index (χ1) is 6.15. The van der Waals surface area contributed by atoms with Crippen molar-refractivity contribution in [1.82, 2.24) is 10.2 Å². The van der Waals surface area contributed by atoms with Crippen LogP contribution in [0.25, 0.3) is 0 Å². The maximum atomic E-state index is 9.91. The molecule has 74 valence electrons. The predicted octanol–water partition coefficient (Wildman–Crippen LogP) is 0.337. The zero-order chi connectivity index (χ0) is 9.47. The molecule has 1 aliphatic heterocycles. The summed E-state index contributed by atoms with van der Waals surface area (Å²) in [6.45, 7) is 4.62. The number of β-amino-alcohol motifs (C(OH)–C–C–N with tert-alkyl or cyclic N) is 1. The standard InChI is InChI=1S/C9H16N2OS/c1-2-10-8(13)11-4-3-7-5-9(7,12)6-11/h7,12H,2-6H2,1H3,(H,10,13)/t7-,9+/m1/s1. The summed E-state index contributed by atoms with van der Waals surface area (Å²) in [5, 5.41) is 13.8. The van der Waals surface area contributed by atoms with E-state index in [4.69, 9.17) is 12.2 Å². The molecule has 0 bridgehead atoms. The molecule has 0 radical (unpaired) electrons. The quantitative estimate of drug-likeness (QED) is 0.598. The van der Waals surface area contributed by atoms with Crippen molar-refractivity contribution in [3.63, 3.8) is 0 Å². The van der Waals surface area contributed by atoms with Gasteiger partial charge in [-0.1, -0.05) is 0 Å². The van der Waals surface area contributed by atoms with Crippen molar-refractivity contribution >= 4 is 17.3 Å². The van der Waals surface area contributed by atoms with Crippen molar-refractivity contribution in [1.29, 1.82) is 0 Å². The second-order valence-corrected chi connectivity index (χ2v) is 4.44. The molecule has 3 nitrogen and oxygen atoms in total. The lowest BCUT2D eigenvalue weighted by Gasteiger charge is -2.32.